The monoisotopic (exact) mass is 347 g/mol. The maximum atomic E-state index is 12.8. The summed E-state index contributed by atoms with van der Waals surface area (Å²) in [5.41, 5.74) is 2.58. The summed E-state index contributed by atoms with van der Waals surface area (Å²) in [7, 11) is 1.71. The van der Waals surface area contributed by atoms with Crippen molar-refractivity contribution in [2.45, 2.75) is 13.5 Å². The van der Waals surface area contributed by atoms with E-state index in [1.54, 1.807) is 35.2 Å². The van der Waals surface area contributed by atoms with Crippen LogP contribution in [-0.2, 0) is 6.54 Å². The van der Waals surface area contributed by atoms with Crippen LogP contribution in [0.5, 0.6) is 0 Å². The number of para-hydroxylation sites is 1. The van der Waals surface area contributed by atoms with Gasteiger partial charge in [-0.3, -0.25) is 9.78 Å². The largest absolute Gasteiger partial charge is 0.467 e. The summed E-state index contributed by atoms with van der Waals surface area (Å²) in [5, 5.41) is 9.31. The van der Waals surface area contributed by atoms with E-state index in [1.807, 2.05) is 43.3 Å². The molecule has 0 fully saturated rings. The maximum absolute atomic E-state index is 12.8. The van der Waals surface area contributed by atoms with Gasteiger partial charge in [0.1, 0.15) is 5.76 Å². The second-order valence-corrected chi connectivity index (χ2v) is 6.03. The van der Waals surface area contributed by atoms with Gasteiger partial charge in [-0.25, -0.2) is 4.68 Å². The Labute approximate surface area is 149 Å². The number of furan rings is 1. The Hall–Kier alpha value is -3.48. The van der Waals surface area contributed by atoms with Crippen molar-refractivity contribution < 1.29 is 9.21 Å². The standard InChI is InChI=1S/C19H17N5O2/c1-13-17(19(25)23(2)12-15-8-5-11-26-15)21-22-24(13)16-9-3-6-14-7-4-10-20-18(14)16/h3-11H,12H2,1-2H3. The average molecular weight is 347 g/mol. The summed E-state index contributed by atoms with van der Waals surface area (Å²) in [6.45, 7) is 2.20. The minimum Gasteiger partial charge on any atom is -0.467 e. The lowest BCUT2D eigenvalue weighted by Gasteiger charge is -2.14. The van der Waals surface area contributed by atoms with Gasteiger partial charge in [-0.15, -0.1) is 5.10 Å². The van der Waals surface area contributed by atoms with Gasteiger partial charge in [-0.05, 0) is 31.2 Å². The Morgan fingerprint density at radius 1 is 1.19 bits per heavy atom. The highest BCUT2D eigenvalue weighted by Crippen LogP contribution is 2.21. The first-order valence-electron chi connectivity index (χ1n) is 8.19. The van der Waals surface area contributed by atoms with Crippen molar-refractivity contribution in [1.82, 2.24) is 24.9 Å². The van der Waals surface area contributed by atoms with E-state index in [1.165, 1.54) is 0 Å². The molecule has 0 aliphatic heterocycles. The quantitative estimate of drug-likeness (QED) is 0.567. The zero-order valence-corrected chi connectivity index (χ0v) is 14.5. The maximum Gasteiger partial charge on any atom is 0.276 e. The molecule has 7 nitrogen and oxygen atoms in total. The number of aromatic nitrogens is 4. The number of fused-ring (bicyclic) bond motifs is 1. The lowest BCUT2D eigenvalue weighted by atomic mass is 10.2. The SMILES string of the molecule is Cc1c(C(=O)N(C)Cc2ccco2)nnn1-c1cccc2cccnc12. The first kappa shape index (κ1) is 16.0. The molecule has 0 saturated carbocycles. The molecule has 0 atom stereocenters. The minimum absolute atomic E-state index is 0.210. The van der Waals surface area contributed by atoms with Gasteiger partial charge in [-0.2, -0.15) is 0 Å². The molecule has 3 aromatic heterocycles. The molecule has 0 spiro atoms. The van der Waals surface area contributed by atoms with Crippen LogP contribution in [0.25, 0.3) is 16.6 Å². The van der Waals surface area contributed by atoms with Gasteiger partial charge in [0.25, 0.3) is 5.91 Å². The van der Waals surface area contributed by atoms with Crippen LogP contribution in [0.15, 0.2) is 59.3 Å². The van der Waals surface area contributed by atoms with Gasteiger partial charge in [0.2, 0.25) is 0 Å². The first-order chi connectivity index (χ1) is 12.6. The number of benzene rings is 1. The fraction of sp³-hybridized carbons (Fsp3) is 0.158. The molecule has 130 valence electrons. The zero-order valence-electron chi connectivity index (χ0n) is 14.5. The molecule has 26 heavy (non-hydrogen) atoms. The molecule has 4 rings (SSSR count). The fourth-order valence-electron chi connectivity index (χ4n) is 2.90. The Kier molecular flexibility index (Phi) is 3.96. The van der Waals surface area contributed by atoms with Crippen molar-refractivity contribution in [2.75, 3.05) is 7.05 Å². The van der Waals surface area contributed by atoms with Gasteiger partial charge < -0.3 is 9.32 Å². The topological polar surface area (TPSA) is 77.0 Å². The smallest absolute Gasteiger partial charge is 0.276 e. The Balaban J connectivity index is 1.69. The van der Waals surface area contributed by atoms with E-state index in [4.69, 9.17) is 4.42 Å². The summed E-state index contributed by atoms with van der Waals surface area (Å²) in [5.74, 6) is 0.502. The normalized spacial score (nSPS) is 11.0. The molecule has 0 radical (unpaired) electrons. The number of amides is 1. The molecule has 7 heteroatoms. The summed E-state index contributed by atoms with van der Waals surface area (Å²) < 4.78 is 6.96. The third-order valence-electron chi connectivity index (χ3n) is 4.26. The Morgan fingerprint density at radius 2 is 2.04 bits per heavy atom. The molecular weight excluding hydrogens is 330 g/mol. The molecule has 0 bridgehead atoms. The van der Waals surface area contributed by atoms with E-state index in [0.29, 0.717) is 23.7 Å². The molecule has 0 saturated heterocycles. The second kappa shape index (κ2) is 6.44. The molecular formula is C19H17N5O2. The van der Waals surface area contributed by atoms with Gasteiger partial charge in [0.15, 0.2) is 5.69 Å². The van der Waals surface area contributed by atoms with Crippen LogP contribution >= 0.6 is 0 Å². The highest BCUT2D eigenvalue weighted by molar-refractivity contribution is 5.93. The van der Waals surface area contributed by atoms with Crippen LogP contribution in [0.3, 0.4) is 0 Å². The van der Waals surface area contributed by atoms with Crippen LogP contribution in [0, 0.1) is 6.92 Å². The molecule has 0 aliphatic rings. The zero-order chi connectivity index (χ0) is 18.1. The number of pyridine rings is 1. The van der Waals surface area contributed by atoms with Gasteiger partial charge in [0.05, 0.1) is 29.7 Å². The van der Waals surface area contributed by atoms with E-state index in [-0.39, 0.29) is 5.91 Å². The second-order valence-electron chi connectivity index (χ2n) is 6.03. The third-order valence-corrected chi connectivity index (χ3v) is 4.26. The van der Waals surface area contributed by atoms with E-state index >= 15 is 0 Å². The van der Waals surface area contributed by atoms with Crippen LogP contribution in [0.4, 0.5) is 0 Å². The van der Waals surface area contributed by atoms with Gasteiger partial charge in [-0.1, -0.05) is 23.4 Å². The summed E-state index contributed by atoms with van der Waals surface area (Å²) >= 11 is 0. The summed E-state index contributed by atoms with van der Waals surface area (Å²) in [6.07, 6.45) is 3.32. The Bertz CT molecular complexity index is 1060. The van der Waals surface area contributed by atoms with E-state index < -0.39 is 0 Å². The van der Waals surface area contributed by atoms with Crippen molar-refractivity contribution in [3.63, 3.8) is 0 Å². The van der Waals surface area contributed by atoms with E-state index in [0.717, 1.165) is 16.6 Å². The number of carbonyl (C=O) groups excluding carboxylic acids is 1. The molecule has 3 heterocycles. The summed E-state index contributed by atoms with van der Waals surface area (Å²) in [6, 6.07) is 13.3. The summed E-state index contributed by atoms with van der Waals surface area (Å²) in [4.78, 5) is 18.8. The van der Waals surface area contributed by atoms with Crippen LogP contribution in [-0.4, -0.2) is 37.8 Å². The number of hydrogen-bond acceptors (Lipinski definition) is 5. The predicted octanol–water partition coefficient (Wildman–Crippen LogP) is 2.99. The molecule has 0 aliphatic carbocycles. The fourth-order valence-corrected chi connectivity index (χ4v) is 2.90. The first-order valence-corrected chi connectivity index (χ1v) is 8.19. The van der Waals surface area contributed by atoms with Gasteiger partial charge in [0, 0.05) is 18.6 Å². The lowest BCUT2D eigenvalue weighted by molar-refractivity contribution is 0.0769. The number of nitrogens with zero attached hydrogens (tertiary/aromatic N) is 5. The minimum atomic E-state index is -0.210. The molecule has 1 aromatic carbocycles. The van der Waals surface area contributed by atoms with Crippen LogP contribution < -0.4 is 0 Å². The van der Waals surface area contributed by atoms with Crippen molar-refractivity contribution in [2.24, 2.45) is 0 Å². The predicted molar refractivity (Wildman–Crippen MR) is 95.9 cm³/mol. The number of carbonyl (C=O) groups is 1. The average Bonchev–Trinajstić information content (AvgIpc) is 3.30. The van der Waals surface area contributed by atoms with Gasteiger partial charge >= 0.3 is 0 Å². The lowest BCUT2D eigenvalue weighted by Crippen LogP contribution is -2.27. The highest BCUT2D eigenvalue weighted by Gasteiger charge is 2.22. The third kappa shape index (κ3) is 2.73. The van der Waals surface area contributed by atoms with Crippen molar-refractivity contribution in [3.05, 3.63) is 72.1 Å². The van der Waals surface area contributed by atoms with E-state index in [2.05, 4.69) is 15.3 Å². The number of rotatable bonds is 4. The molecule has 0 N–H and O–H groups in total. The van der Waals surface area contributed by atoms with Crippen molar-refractivity contribution in [3.8, 4) is 5.69 Å². The van der Waals surface area contributed by atoms with Crippen molar-refractivity contribution in [1.29, 1.82) is 0 Å². The van der Waals surface area contributed by atoms with E-state index in [9.17, 15) is 4.79 Å². The van der Waals surface area contributed by atoms with Crippen LogP contribution in [0.1, 0.15) is 21.9 Å². The number of hydrogen-bond donors (Lipinski definition) is 0. The molecule has 4 aromatic rings. The Morgan fingerprint density at radius 3 is 2.85 bits per heavy atom. The van der Waals surface area contributed by atoms with Crippen LogP contribution in [0.2, 0.25) is 0 Å². The van der Waals surface area contributed by atoms with Crippen molar-refractivity contribution >= 4 is 16.8 Å². The molecule has 0 unspecified atom stereocenters. The highest BCUT2D eigenvalue weighted by atomic mass is 16.3. The molecule has 1 amide bonds.